The van der Waals surface area contributed by atoms with E-state index in [2.05, 4.69) is 35.1 Å². The normalized spacial score (nSPS) is 23.4. The van der Waals surface area contributed by atoms with Crippen molar-refractivity contribution >= 4 is 39.0 Å². The Labute approximate surface area is 238 Å². The van der Waals surface area contributed by atoms with E-state index in [9.17, 15) is 0 Å². The van der Waals surface area contributed by atoms with Crippen molar-refractivity contribution in [3.8, 4) is 21.9 Å². The fourth-order valence-electron chi connectivity index (χ4n) is 6.31. The molecule has 7 nitrogen and oxygen atoms in total. The van der Waals surface area contributed by atoms with E-state index in [1.807, 2.05) is 38.6 Å². The highest BCUT2D eigenvalue weighted by Gasteiger charge is 2.46. The second-order valence-corrected chi connectivity index (χ2v) is 13.1. The van der Waals surface area contributed by atoms with Crippen LogP contribution in [0.5, 0.6) is 0 Å². The lowest BCUT2D eigenvalue weighted by Gasteiger charge is -2.25. The number of anilines is 1. The quantitative estimate of drug-likeness (QED) is 0.253. The molecule has 0 saturated carbocycles. The number of thiophene rings is 1. The number of nitrogen functional groups attached to an aromatic ring is 1. The van der Waals surface area contributed by atoms with Gasteiger partial charge in [-0.1, -0.05) is 27.7 Å². The van der Waals surface area contributed by atoms with E-state index in [1.54, 1.807) is 17.5 Å². The second-order valence-electron chi connectivity index (χ2n) is 11.0. The van der Waals surface area contributed by atoms with Crippen molar-refractivity contribution in [1.29, 1.82) is 0 Å². The molecule has 1 atom stereocenters. The Morgan fingerprint density at radius 2 is 1.95 bits per heavy atom. The van der Waals surface area contributed by atoms with Crippen molar-refractivity contribution in [3.05, 3.63) is 35.6 Å². The van der Waals surface area contributed by atoms with Gasteiger partial charge < -0.3 is 14.9 Å². The van der Waals surface area contributed by atoms with E-state index < -0.39 is 0 Å². The molecule has 2 bridgehead atoms. The van der Waals surface area contributed by atoms with Gasteiger partial charge in [0.2, 0.25) is 11.8 Å². The first kappa shape index (κ1) is 26.7. The van der Waals surface area contributed by atoms with Gasteiger partial charge in [0.15, 0.2) is 0 Å². The number of rotatable bonds is 6. The van der Waals surface area contributed by atoms with Crippen molar-refractivity contribution in [2.45, 2.75) is 95.7 Å². The third-order valence-corrected chi connectivity index (χ3v) is 10.8. The Balaban J connectivity index is 0.00000135. The molecular formula is C30H37N5O2S2. The van der Waals surface area contributed by atoms with Gasteiger partial charge in [-0.25, -0.2) is 4.98 Å². The molecule has 1 unspecified atom stereocenters. The summed E-state index contributed by atoms with van der Waals surface area (Å²) in [4.78, 5) is 12.1. The molecule has 4 aromatic heterocycles. The Kier molecular flexibility index (Phi) is 7.18. The van der Waals surface area contributed by atoms with Crippen LogP contribution in [0.15, 0.2) is 27.6 Å². The highest BCUT2D eigenvalue weighted by molar-refractivity contribution is 7.99. The standard InChI is InChI=1S/C28H31N5O2S2.C2H6/c1-14(2)18-13-36-25-22(20-12-16-7-11-30-26(29)24(16)37-20)21(27-33-32-15(3)34-27)19(31-23(18)25)6-10-28-8-4-17(35-28)5-9-28;1-2/h7,11-12,14,17-18H,4-6,8-10,13H2,1-3H3,(H2,29,30);1-2H3. The zero-order valence-corrected chi connectivity index (χ0v) is 25.0. The maximum Gasteiger partial charge on any atom is 0.250 e. The number of aryl methyl sites for hydroxylation is 2. The summed E-state index contributed by atoms with van der Waals surface area (Å²) in [7, 11) is 0. The van der Waals surface area contributed by atoms with Crippen LogP contribution in [0.1, 0.15) is 83.0 Å². The molecule has 0 spiro atoms. The van der Waals surface area contributed by atoms with Crippen LogP contribution >= 0.6 is 23.1 Å². The molecular weight excluding hydrogens is 526 g/mol. The predicted molar refractivity (Wildman–Crippen MR) is 159 cm³/mol. The van der Waals surface area contributed by atoms with Gasteiger partial charge in [0.05, 0.1) is 33.4 Å². The van der Waals surface area contributed by atoms with Gasteiger partial charge in [-0.05, 0) is 62.0 Å². The van der Waals surface area contributed by atoms with Crippen LogP contribution in [0.25, 0.3) is 32.0 Å². The monoisotopic (exact) mass is 563 g/mol. The maximum absolute atomic E-state index is 6.45. The highest BCUT2D eigenvalue weighted by Crippen LogP contribution is 2.53. The van der Waals surface area contributed by atoms with E-state index in [0.717, 1.165) is 63.2 Å². The summed E-state index contributed by atoms with van der Waals surface area (Å²) < 4.78 is 13.6. The van der Waals surface area contributed by atoms with Gasteiger partial charge >= 0.3 is 0 Å². The predicted octanol–water partition coefficient (Wildman–Crippen LogP) is 7.81. The largest absolute Gasteiger partial charge is 0.421 e. The van der Waals surface area contributed by atoms with E-state index in [-0.39, 0.29) is 5.60 Å². The Morgan fingerprint density at radius 1 is 1.15 bits per heavy atom. The number of fused-ring (bicyclic) bond motifs is 4. The van der Waals surface area contributed by atoms with Crippen LogP contribution in [0.3, 0.4) is 0 Å². The smallest absolute Gasteiger partial charge is 0.250 e. The molecule has 206 valence electrons. The molecule has 7 heterocycles. The average molecular weight is 564 g/mol. The lowest BCUT2D eigenvalue weighted by atomic mass is 9.84. The van der Waals surface area contributed by atoms with Crippen molar-refractivity contribution < 1.29 is 9.15 Å². The molecule has 2 N–H and O–H groups in total. The summed E-state index contributed by atoms with van der Waals surface area (Å²) in [6.07, 6.45) is 8.68. The third-order valence-electron chi connectivity index (χ3n) is 8.34. The average Bonchev–Trinajstić information content (AvgIpc) is 3.76. The zero-order chi connectivity index (χ0) is 27.3. The van der Waals surface area contributed by atoms with Crippen LogP contribution in [0.2, 0.25) is 0 Å². The molecule has 3 aliphatic heterocycles. The number of hydrogen-bond acceptors (Lipinski definition) is 9. The third kappa shape index (κ3) is 4.66. The van der Waals surface area contributed by atoms with Crippen LogP contribution < -0.4 is 5.73 Å². The minimum absolute atomic E-state index is 0.00249. The summed E-state index contributed by atoms with van der Waals surface area (Å²) in [5.74, 6) is 3.62. The molecule has 2 fully saturated rings. The molecule has 7 rings (SSSR count). The van der Waals surface area contributed by atoms with Gasteiger partial charge in [0.25, 0.3) is 0 Å². The fourth-order valence-corrected chi connectivity index (χ4v) is 9.08. The van der Waals surface area contributed by atoms with E-state index in [4.69, 9.17) is 19.9 Å². The molecule has 0 radical (unpaired) electrons. The molecule has 3 aliphatic rings. The Hall–Kier alpha value is -2.49. The minimum atomic E-state index is -0.00249. The summed E-state index contributed by atoms with van der Waals surface area (Å²) >= 11 is 3.59. The van der Waals surface area contributed by atoms with Crippen LogP contribution in [-0.4, -0.2) is 37.6 Å². The summed E-state index contributed by atoms with van der Waals surface area (Å²) in [5, 5.41) is 9.82. The number of thioether (sulfide) groups is 1. The lowest BCUT2D eigenvalue weighted by Crippen LogP contribution is -2.25. The van der Waals surface area contributed by atoms with Crippen LogP contribution in [0.4, 0.5) is 5.82 Å². The van der Waals surface area contributed by atoms with Crippen molar-refractivity contribution in [1.82, 2.24) is 20.2 Å². The van der Waals surface area contributed by atoms with E-state index in [0.29, 0.717) is 35.5 Å². The number of nitrogens with two attached hydrogens (primary N) is 1. The number of ether oxygens (including phenoxy) is 1. The van der Waals surface area contributed by atoms with Gasteiger partial charge in [0, 0.05) is 40.1 Å². The Bertz CT molecular complexity index is 1500. The van der Waals surface area contributed by atoms with Crippen molar-refractivity contribution in [2.24, 2.45) is 5.92 Å². The molecule has 4 aromatic rings. The van der Waals surface area contributed by atoms with Gasteiger partial charge in [-0.2, -0.15) is 0 Å². The van der Waals surface area contributed by atoms with Crippen LogP contribution in [0, 0.1) is 12.8 Å². The van der Waals surface area contributed by atoms with Gasteiger partial charge in [-0.15, -0.1) is 33.3 Å². The molecule has 0 amide bonds. The van der Waals surface area contributed by atoms with E-state index in [1.165, 1.54) is 23.4 Å². The highest BCUT2D eigenvalue weighted by atomic mass is 32.2. The molecule has 2 saturated heterocycles. The number of nitrogens with zero attached hydrogens (tertiary/aromatic N) is 4. The van der Waals surface area contributed by atoms with Gasteiger partial charge in [-0.3, -0.25) is 4.98 Å². The number of aromatic nitrogens is 4. The summed E-state index contributed by atoms with van der Waals surface area (Å²) in [5.41, 5.74) is 10.7. The topological polar surface area (TPSA) is 100.0 Å². The first-order valence-corrected chi connectivity index (χ1v) is 16.0. The number of pyridine rings is 2. The minimum Gasteiger partial charge on any atom is -0.421 e. The van der Waals surface area contributed by atoms with Crippen molar-refractivity contribution in [3.63, 3.8) is 0 Å². The van der Waals surface area contributed by atoms with Gasteiger partial charge in [0.1, 0.15) is 5.82 Å². The number of hydrogen-bond donors (Lipinski definition) is 1. The maximum atomic E-state index is 6.45. The lowest BCUT2D eigenvalue weighted by molar-refractivity contribution is 0.00716. The van der Waals surface area contributed by atoms with Crippen LogP contribution in [-0.2, 0) is 11.2 Å². The summed E-state index contributed by atoms with van der Waals surface area (Å²) in [6.45, 7) is 10.4. The SMILES string of the molecule is CC.Cc1nnc(-c2c(CCC34CCC(CC3)O4)nc3c(c2-c2cc4ccnc(N)c4s2)SCC3C(C)C)o1. The molecule has 39 heavy (non-hydrogen) atoms. The molecule has 0 aromatic carbocycles. The van der Waals surface area contributed by atoms with Crippen molar-refractivity contribution in [2.75, 3.05) is 11.5 Å². The molecule has 0 aliphatic carbocycles. The Morgan fingerprint density at radius 3 is 2.59 bits per heavy atom. The first-order chi connectivity index (χ1) is 18.9. The second kappa shape index (κ2) is 10.5. The summed E-state index contributed by atoms with van der Waals surface area (Å²) in [6, 6.07) is 4.26. The fraction of sp³-hybridized carbons (Fsp3) is 0.533. The van der Waals surface area contributed by atoms with E-state index >= 15 is 0 Å². The zero-order valence-electron chi connectivity index (χ0n) is 23.4. The first-order valence-electron chi connectivity index (χ1n) is 14.2. The molecule has 9 heteroatoms.